The molecule has 1 aliphatic heterocycles. The molecule has 0 aliphatic carbocycles. The molecular weight excluding hydrogens is 362 g/mol. The summed E-state index contributed by atoms with van der Waals surface area (Å²) in [5.41, 5.74) is 2.11. The lowest BCUT2D eigenvalue weighted by Crippen LogP contribution is -2.37. The third kappa shape index (κ3) is 4.54. The minimum absolute atomic E-state index is 0.000349. The minimum Gasteiger partial charge on any atom is -0.383 e. The first-order chi connectivity index (χ1) is 13.1. The lowest BCUT2D eigenvalue weighted by Gasteiger charge is -2.29. The highest BCUT2D eigenvalue weighted by atomic mass is 32.1. The summed E-state index contributed by atoms with van der Waals surface area (Å²) in [5, 5.41) is 5.92. The zero-order valence-corrected chi connectivity index (χ0v) is 16.5. The quantitative estimate of drug-likeness (QED) is 0.755. The van der Waals surface area contributed by atoms with Gasteiger partial charge in [0, 0.05) is 44.6 Å². The number of carbonyl (C=O) groups excluding carboxylic acids is 2. The number of thiazole rings is 1. The molecule has 1 aliphatic rings. The molecule has 0 spiro atoms. The van der Waals surface area contributed by atoms with Crippen LogP contribution in [0.15, 0.2) is 35.8 Å². The van der Waals surface area contributed by atoms with Crippen molar-refractivity contribution in [3.63, 3.8) is 0 Å². The van der Waals surface area contributed by atoms with Crippen molar-refractivity contribution in [1.29, 1.82) is 0 Å². The largest absolute Gasteiger partial charge is 0.383 e. The lowest BCUT2D eigenvalue weighted by atomic mass is 9.90. The van der Waals surface area contributed by atoms with Gasteiger partial charge in [-0.1, -0.05) is 24.3 Å². The number of nitrogens with zero attached hydrogens (tertiary/aromatic N) is 2. The number of ether oxygens (including phenoxy) is 1. The van der Waals surface area contributed by atoms with E-state index in [2.05, 4.69) is 10.3 Å². The van der Waals surface area contributed by atoms with Crippen LogP contribution in [0.2, 0.25) is 0 Å². The highest BCUT2D eigenvalue weighted by Gasteiger charge is 2.44. The summed E-state index contributed by atoms with van der Waals surface area (Å²) in [5.74, 6) is -0.472. The maximum Gasteiger partial charge on any atom is 0.226 e. The average Bonchev–Trinajstić information content (AvgIpc) is 3.28. The zero-order chi connectivity index (χ0) is 19.2. The molecule has 2 aromatic rings. The second kappa shape index (κ2) is 9.10. The SMILES string of the molecule is COCCN1C(=O)C[C@@H](C(=O)NCCc2nccs2)[C@@H]1c1ccccc1C. The molecule has 0 unspecified atom stereocenters. The number of rotatable bonds is 8. The van der Waals surface area contributed by atoms with Crippen LogP contribution >= 0.6 is 11.3 Å². The molecule has 2 heterocycles. The van der Waals surface area contributed by atoms with Gasteiger partial charge in [0.05, 0.1) is 23.6 Å². The van der Waals surface area contributed by atoms with Crippen molar-refractivity contribution in [1.82, 2.24) is 15.2 Å². The summed E-state index contributed by atoms with van der Waals surface area (Å²) in [6.07, 6.45) is 2.69. The Balaban J connectivity index is 1.75. The van der Waals surface area contributed by atoms with E-state index in [1.165, 1.54) is 0 Å². The number of aromatic nitrogens is 1. The molecule has 1 N–H and O–H groups in total. The topological polar surface area (TPSA) is 71.5 Å². The molecule has 3 rings (SSSR count). The van der Waals surface area contributed by atoms with Gasteiger partial charge in [-0.05, 0) is 18.1 Å². The number of hydrogen-bond acceptors (Lipinski definition) is 5. The fourth-order valence-electron chi connectivity index (χ4n) is 3.58. The molecule has 1 saturated heterocycles. The molecule has 2 amide bonds. The predicted octanol–water partition coefficient (Wildman–Crippen LogP) is 2.35. The Kier molecular flexibility index (Phi) is 6.58. The van der Waals surface area contributed by atoms with Crippen molar-refractivity contribution in [2.45, 2.75) is 25.8 Å². The van der Waals surface area contributed by atoms with Crippen LogP contribution in [-0.4, -0.2) is 48.5 Å². The second-order valence-corrected chi connectivity index (χ2v) is 7.64. The Labute approximate surface area is 163 Å². The molecule has 0 saturated carbocycles. The number of benzene rings is 1. The van der Waals surface area contributed by atoms with E-state index in [0.29, 0.717) is 26.1 Å². The number of hydrogen-bond donors (Lipinski definition) is 1. The van der Waals surface area contributed by atoms with Crippen LogP contribution < -0.4 is 5.32 Å². The number of amides is 2. The van der Waals surface area contributed by atoms with Gasteiger partial charge in [-0.25, -0.2) is 4.98 Å². The number of carbonyl (C=O) groups is 2. The standard InChI is InChI=1S/C20H25N3O3S/c1-14-5-3-4-6-15(14)19-16(13-18(24)23(19)10-11-26-2)20(25)22-8-7-17-21-9-12-27-17/h3-6,9,12,16,19H,7-8,10-11,13H2,1-2H3,(H,22,25)/t16-,19+/m1/s1. The van der Waals surface area contributed by atoms with Gasteiger partial charge in [0.2, 0.25) is 11.8 Å². The molecule has 6 nitrogen and oxygen atoms in total. The summed E-state index contributed by atoms with van der Waals surface area (Å²) in [4.78, 5) is 31.6. The van der Waals surface area contributed by atoms with Crippen LogP contribution in [0.25, 0.3) is 0 Å². The van der Waals surface area contributed by atoms with Crippen LogP contribution in [0.4, 0.5) is 0 Å². The summed E-state index contributed by atoms with van der Waals surface area (Å²) in [7, 11) is 1.62. The molecular formula is C20H25N3O3S. The van der Waals surface area contributed by atoms with Gasteiger partial charge in [0.15, 0.2) is 0 Å². The number of methoxy groups -OCH3 is 1. The normalized spacial score (nSPS) is 19.5. The third-order valence-corrected chi connectivity index (χ3v) is 5.77. The number of likely N-dealkylation sites (tertiary alicyclic amines) is 1. The van der Waals surface area contributed by atoms with Gasteiger partial charge in [0.1, 0.15) is 0 Å². The molecule has 0 radical (unpaired) electrons. The van der Waals surface area contributed by atoms with Crippen LogP contribution in [-0.2, 0) is 20.7 Å². The van der Waals surface area contributed by atoms with E-state index in [9.17, 15) is 9.59 Å². The van der Waals surface area contributed by atoms with Gasteiger partial charge in [-0.3, -0.25) is 9.59 Å². The second-order valence-electron chi connectivity index (χ2n) is 6.66. The summed E-state index contributed by atoms with van der Waals surface area (Å²) in [6.45, 7) is 3.48. The molecule has 1 fully saturated rings. The first-order valence-corrected chi connectivity index (χ1v) is 9.99. The van der Waals surface area contributed by atoms with Gasteiger partial charge in [-0.2, -0.15) is 0 Å². The van der Waals surface area contributed by atoms with E-state index in [4.69, 9.17) is 4.74 Å². The van der Waals surface area contributed by atoms with Crippen molar-refractivity contribution in [2.24, 2.45) is 5.92 Å². The predicted molar refractivity (Wildman–Crippen MR) is 104 cm³/mol. The third-order valence-electron chi connectivity index (χ3n) is 4.93. The van der Waals surface area contributed by atoms with E-state index >= 15 is 0 Å². The molecule has 1 aromatic heterocycles. The monoisotopic (exact) mass is 387 g/mol. The number of nitrogens with one attached hydrogen (secondary N) is 1. The van der Waals surface area contributed by atoms with Crippen molar-refractivity contribution in [2.75, 3.05) is 26.8 Å². The lowest BCUT2D eigenvalue weighted by molar-refractivity contribution is -0.129. The van der Waals surface area contributed by atoms with Crippen molar-refractivity contribution < 1.29 is 14.3 Å². The Morgan fingerprint density at radius 1 is 1.41 bits per heavy atom. The molecule has 27 heavy (non-hydrogen) atoms. The highest BCUT2D eigenvalue weighted by molar-refractivity contribution is 7.09. The fourth-order valence-corrected chi connectivity index (χ4v) is 4.20. The molecule has 2 atom stereocenters. The van der Waals surface area contributed by atoms with E-state index in [-0.39, 0.29) is 24.3 Å². The first-order valence-electron chi connectivity index (χ1n) is 9.12. The van der Waals surface area contributed by atoms with Gasteiger partial charge < -0.3 is 15.0 Å². The van der Waals surface area contributed by atoms with Crippen LogP contribution in [0.3, 0.4) is 0 Å². The van der Waals surface area contributed by atoms with E-state index < -0.39 is 5.92 Å². The van der Waals surface area contributed by atoms with E-state index in [0.717, 1.165) is 16.1 Å². The Hall–Kier alpha value is -2.25. The Morgan fingerprint density at radius 3 is 2.93 bits per heavy atom. The van der Waals surface area contributed by atoms with Crippen LogP contribution in [0.1, 0.15) is 28.6 Å². The maximum atomic E-state index is 12.9. The molecule has 7 heteroatoms. The first kappa shape index (κ1) is 19.5. The summed E-state index contributed by atoms with van der Waals surface area (Å²) in [6, 6.07) is 7.70. The van der Waals surface area contributed by atoms with Crippen LogP contribution in [0, 0.1) is 12.8 Å². The van der Waals surface area contributed by atoms with Crippen molar-refractivity contribution in [3.05, 3.63) is 52.0 Å². The smallest absolute Gasteiger partial charge is 0.226 e. The zero-order valence-electron chi connectivity index (χ0n) is 15.7. The van der Waals surface area contributed by atoms with E-state index in [1.54, 1.807) is 29.5 Å². The van der Waals surface area contributed by atoms with Gasteiger partial charge in [0.25, 0.3) is 0 Å². The Morgan fingerprint density at radius 2 is 2.22 bits per heavy atom. The average molecular weight is 388 g/mol. The fraction of sp³-hybridized carbons (Fsp3) is 0.450. The maximum absolute atomic E-state index is 12.9. The van der Waals surface area contributed by atoms with Crippen molar-refractivity contribution >= 4 is 23.2 Å². The van der Waals surface area contributed by atoms with Gasteiger partial charge in [-0.15, -0.1) is 11.3 Å². The van der Waals surface area contributed by atoms with Crippen molar-refractivity contribution in [3.8, 4) is 0 Å². The van der Waals surface area contributed by atoms with E-state index in [1.807, 2.05) is 36.6 Å². The highest BCUT2D eigenvalue weighted by Crippen LogP contribution is 2.39. The molecule has 0 bridgehead atoms. The molecule has 144 valence electrons. The molecule has 1 aromatic carbocycles. The summed E-state index contributed by atoms with van der Waals surface area (Å²) < 4.78 is 5.17. The van der Waals surface area contributed by atoms with Gasteiger partial charge >= 0.3 is 0 Å². The summed E-state index contributed by atoms with van der Waals surface area (Å²) >= 11 is 1.58. The Bertz CT molecular complexity index is 779. The van der Waals surface area contributed by atoms with Crippen LogP contribution in [0.5, 0.6) is 0 Å². The minimum atomic E-state index is -0.397. The number of aryl methyl sites for hydroxylation is 1.